The van der Waals surface area contributed by atoms with Gasteiger partial charge in [-0.2, -0.15) is 0 Å². The number of hydrogen-bond acceptors (Lipinski definition) is 6. The summed E-state index contributed by atoms with van der Waals surface area (Å²) in [6, 6.07) is 7.02. The Hall–Kier alpha value is -2.08. The third-order valence-corrected chi connectivity index (χ3v) is 2.02. The van der Waals surface area contributed by atoms with Crippen LogP contribution in [0.4, 0.5) is 11.7 Å². The lowest BCUT2D eigenvalue weighted by Gasteiger charge is -2.04. The number of phenols is 1. The van der Waals surface area contributed by atoms with E-state index in [1.165, 1.54) is 0 Å². The second kappa shape index (κ2) is 4.84. The van der Waals surface area contributed by atoms with Crippen molar-refractivity contribution in [1.82, 2.24) is 15.1 Å². The van der Waals surface area contributed by atoms with Crippen LogP contribution in [0.2, 0.25) is 0 Å². The van der Waals surface area contributed by atoms with E-state index in [1.807, 2.05) is 19.0 Å². The molecule has 90 valence electrons. The van der Waals surface area contributed by atoms with Crippen molar-refractivity contribution in [2.45, 2.75) is 6.54 Å². The topological polar surface area (TPSA) is 74.4 Å². The maximum Gasteiger partial charge on any atom is 0.320 e. The Morgan fingerprint density at radius 2 is 2.18 bits per heavy atom. The second-order valence-electron chi connectivity index (χ2n) is 3.91. The molecular weight excluding hydrogens is 220 g/mol. The summed E-state index contributed by atoms with van der Waals surface area (Å²) in [6.45, 7) is 0.592. The van der Waals surface area contributed by atoms with Gasteiger partial charge in [-0.25, -0.2) is 0 Å². The first-order valence-corrected chi connectivity index (χ1v) is 5.16. The molecule has 17 heavy (non-hydrogen) atoms. The van der Waals surface area contributed by atoms with Crippen molar-refractivity contribution >= 4 is 11.7 Å². The SMILES string of the molecule is CN(C)Cc1nnc(Nc2cccc(O)c2)o1. The van der Waals surface area contributed by atoms with Crippen LogP contribution in [0.15, 0.2) is 28.7 Å². The molecule has 2 rings (SSSR count). The quantitative estimate of drug-likeness (QED) is 0.836. The lowest BCUT2D eigenvalue weighted by Crippen LogP contribution is -2.10. The number of hydrogen-bond donors (Lipinski definition) is 2. The molecular formula is C11H14N4O2. The molecule has 1 aromatic carbocycles. The van der Waals surface area contributed by atoms with Crippen molar-refractivity contribution in [1.29, 1.82) is 0 Å². The molecule has 0 spiro atoms. The van der Waals surface area contributed by atoms with Gasteiger partial charge < -0.3 is 19.7 Å². The van der Waals surface area contributed by atoms with Crippen LogP contribution in [-0.4, -0.2) is 34.3 Å². The van der Waals surface area contributed by atoms with Crippen LogP contribution in [0.25, 0.3) is 0 Å². The van der Waals surface area contributed by atoms with E-state index >= 15 is 0 Å². The van der Waals surface area contributed by atoms with Gasteiger partial charge in [0.25, 0.3) is 0 Å². The maximum atomic E-state index is 9.30. The number of phenolic OH excluding ortho intramolecular Hbond substituents is 1. The molecule has 0 aliphatic heterocycles. The van der Waals surface area contributed by atoms with Crippen LogP contribution in [-0.2, 0) is 6.54 Å². The predicted octanol–water partition coefficient (Wildman–Crippen LogP) is 1.58. The van der Waals surface area contributed by atoms with Crippen LogP contribution in [0.1, 0.15) is 5.89 Å². The summed E-state index contributed by atoms with van der Waals surface area (Å²) in [5.41, 5.74) is 0.699. The van der Waals surface area contributed by atoms with E-state index in [0.717, 1.165) is 0 Å². The summed E-state index contributed by atoms with van der Waals surface area (Å²) >= 11 is 0. The van der Waals surface area contributed by atoms with Gasteiger partial charge in [0.05, 0.1) is 6.54 Å². The number of benzene rings is 1. The first-order chi connectivity index (χ1) is 8.13. The van der Waals surface area contributed by atoms with E-state index in [0.29, 0.717) is 24.1 Å². The molecule has 0 saturated heterocycles. The molecule has 2 aromatic rings. The normalized spacial score (nSPS) is 10.8. The van der Waals surface area contributed by atoms with Crippen molar-refractivity contribution in [3.63, 3.8) is 0 Å². The van der Waals surface area contributed by atoms with E-state index in [4.69, 9.17) is 4.42 Å². The predicted molar refractivity (Wildman–Crippen MR) is 63.1 cm³/mol. The molecule has 0 saturated carbocycles. The van der Waals surface area contributed by atoms with Crippen molar-refractivity contribution in [3.8, 4) is 5.75 Å². The lowest BCUT2D eigenvalue weighted by atomic mass is 10.3. The zero-order valence-electron chi connectivity index (χ0n) is 9.71. The molecule has 2 N–H and O–H groups in total. The Morgan fingerprint density at radius 3 is 2.88 bits per heavy atom. The highest BCUT2D eigenvalue weighted by Crippen LogP contribution is 2.19. The van der Waals surface area contributed by atoms with Gasteiger partial charge in [0.15, 0.2) is 0 Å². The molecule has 0 fully saturated rings. The summed E-state index contributed by atoms with van der Waals surface area (Å²) in [4.78, 5) is 1.94. The number of anilines is 2. The molecule has 0 radical (unpaired) electrons. The molecule has 0 aliphatic carbocycles. The second-order valence-corrected chi connectivity index (χ2v) is 3.91. The Labute approximate surface area is 98.9 Å². The van der Waals surface area contributed by atoms with Crippen LogP contribution < -0.4 is 5.32 Å². The highest BCUT2D eigenvalue weighted by atomic mass is 16.4. The van der Waals surface area contributed by atoms with E-state index in [2.05, 4.69) is 15.5 Å². The molecule has 6 heteroatoms. The zero-order chi connectivity index (χ0) is 12.3. The fourth-order valence-electron chi connectivity index (χ4n) is 1.35. The summed E-state index contributed by atoms with van der Waals surface area (Å²) in [5.74, 6) is 0.723. The number of nitrogens with zero attached hydrogens (tertiary/aromatic N) is 3. The zero-order valence-corrected chi connectivity index (χ0v) is 9.71. The standard InChI is InChI=1S/C11H14N4O2/c1-15(2)7-10-13-14-11(17-10)12-8-4-3-5-9(16)6-8/h3-6,16H,7H2,1-2H3,(H,12,14). The summed E-state index contributed by atoms with van der Waals surface area (Å²) in [6.07, 6.45) is 0. The van der Waals surface area contributed by atoms with Gasteiger partial charge in [0.1, 0.15) is 5.75 Å². The molecule has 0 bridgehead atoms. The molecule has 0 aliphatic rings. The van der Waals surface area contributed by atoms with Gasteiger partial charge in [0, 0.05) is 11.8 Å². The highest BCUT2D eigenvalue weighted by Gasteiger charge is 2.07. The van der Waals surface area contributed by atoms with Crippen LogP contribution in [0.3, 0.4) is 0 Å². The minimum absolute atomic E-state index is 0.183. The fraction of sp³-hybridized carbons (Fsp3) is 0.273. The van der Waals surface area contributed by atoms with E-state index in [1.54, 1.807) is 24.3 Å². The van der Waals surface area contributed by atoms with Gasteiger partial charge in [-0.3, -0.25) is 0 Å². The lowest BCUT2D eigenvalue weighted by molar-refractivity contribution is 0.345. The third-order valence-electron chi connectivity index (χ3n) is 2.02. The van der Waals surface area contributed by atoms with Crippen molar-refractivity contribution < 1.29 is 9.52 Å². The van der Waals surface area contributed by atoms with Crippen LogP contribution in [0.5, 0.6) is 5.75 Å². The van der Waals surface area contributed by atoms with E-state index in [-0.39, 0.29) is 5.75 Å². The minimum Gasteiger partial charge on any atom is -0.508 e. The monoisotopic (exact) mass is 234 g/mol. The molecule has 0 unspecified atom stereocenters. The Morgan fingerprint density at radius 1 is 1.35 bits per heavy atom. The van der Waals surface area contributed by atoms with Gasteiger partial charge in [-0.15, -0.1) is 5.10 Å². The molecule has 0 amide bonds. The Balaban J connectivity index is 2.06. The number of nitrogens with one attached hydrogen (secondary N) is 1. The largest absolute Gasteiger partial charge is 0.508 e. The Bertz CT molecular complexity index is 496. The van der Waals surface area contributed by atoms with Gasteiger partial charge in [-0.05, 0) is 26.2 Å². The number of aromatic nitrogens is 2. The van der Waals surface area contributed by atoms with Crippen molar-refractivity contribution in [3.05, 3.63) is 30.2 Å². The van der Waals surface area contributed by atoms with Gasteiger partial charge in [0.2, 0.25) is 5.89 Å². The molecule has 1 aromatic heterocycles. The maximum absolute atomic E-state index is 9.30. The smallest absolute Gasteiger partial charge is 0.320 e. The minimum atomic E-state index is 0.183. The van der Waals surface area contributed by atoms with Gasteiger partial charge in [-0.1, -0.05) is 11.2 Å². The third kappa shape index (κ3) is 3.18. The Kier molecular flexibility index (Phi) is 3.24. The summed E-state index contributed by atoms with van der Waals surface area (Å²) in [7, 11) is 3.85. The van der Waals surface area contributed by atoms with Crippen LogP contribution >= 0.6 is 0 Å². The highest BCUT2D eigenvalue weighted by molar-refractivity contribution is 5.54. The molecule has 0 atom stereocenters. The summed E-state index contributed by atoms with van der Waals surface area (Å²) in [5, 5.41) is 20.0. The summed E-state index contributed by atoms with van der Waals surface area (Å²) < 4.78 is 5.38. The van der Waals surface area contributed by atoms with Crippen molar-refractivity contribution in [2.75, 3.05) is 19.4 Å². The van der Waals surface area contributed by atoms with Gasteiger partial charge >= 0.3 is 6.01 Å². The first kappa shape index (κ1) is 11.4. The van der Waals surface area contributed by atoms with Crippen molar-refractivity contribution in [2.24, 2.45) is 0 Å². The molecule has 1 heterocycles. The average Bonchev–Trinajstić information content (AvgIpc) is 2.64. The molecule has 6 nitrogen and oxygen atoms in total. The number of rotatable bonds is 4. The van der Waals surface area contributed by atoms with E-state index in [9.17, 15) is 5.11 Å². The average molecular weight is 234 g/mol. The first-order valence-electron chi connectivity index (χ1n) is 5.16. The fourth-order valence-corrected chi connectivity index (χ4v) is 1.35. The van der Waals surface area contributed by atoms with E-state index < -0.39 is 0 Å². The number of aromatic hydroxyl groups is 1. The van der Waals surface area contributed by atoms with Crippen LogP contribution in [0, 0.1) is 0 Å².